The van der Waals surface area contributed by atoms with Crippen LogP contribution in [0, 0.1) is 0 Å². The molecule has 412 valence electrons. The van der Waals surface area contributed by atoms with Gasteiger partial charge in [0.1, 0.15) is 13.2 Å². The average molecular weight is 1000 g/mol. The monoisotopic (exact) mass is 1000 g/mol. The fourth-order valence-corrected chi connectivity index (χ4v) is 8.30. The van der Waals surface area contributed by atoms with Gasteiger partial charge in [-0.1, -0.05) is 259 Å². The van der Waals surface area contributed by atoms with Crippen molar-refractivity contribution in [3.63, 3.8) is 0 Å². The summed E-state index contributed by atoms with van der Waals surface area (Å²) < 4.78 is 16.8. The topological polar surface area (TPSA) is 78.9 Å². The Morgan fingerprint density at radius 3 is 0.875 bits per heavy atom. The zero-order valence-electron chi connectivity index (χ0n) is 47.2. The van der Waals surface area contributed by atoms with Gasteiger partial charge in [0.25, 0.3) is 0 Å². The summed E-state index contributed by atoms with van der Waals surface area (Å²) in [7, 11) is 0. The van der Waals surface area contributed by atoms with Gasteiger partial charge in [-0.15, -0.1) is 0 Å². The number of allylic oxidation sites excluding steroid dienone is 16. The average Bonchev–Trinajstić information content (AvgIpc) is 3.38. The summed E-state index contributed by atoms with van der Waals surface area (Å²) in [4.78, 5) is 38.1. The molecule has 0 amide bonds. The van der Waals surface area contributed by atoms with Crippen LogP contribution in [0.5, 0.6) is 0 Å². The van der Waals surface area contributed by atoms with E-state index in [-0.39, 0.29) is 31.1 Å². The van der Waals surface area contributed by atoms with Gasteiger partial charge < -0.3 is 14.2 Å². The first-order chi connectivity index (χ1) is 35.5. The number of hydrogen-bond donors (Lipinski definition) is 0. The van der Waals surface area contributed by atoms with Crippen molar-refractivity contribution in [2.45, 2.75) is 290 Å². The molecule has 0 aromatic carbocycles. The normalized spacial score (nSPS) is 12.8. The SMILES string of the molecule is CC/C=C\C/C=C\C/C=C\C/C=C\C/C=C\C/C=C\CCCCCCCCCCC(=O)OCC(COC(=O)CCCCCCCCCC)OC(=O)CCCCCCCCCCC/C=C\C/C=C\CCCCC. The molecule has 0 aliphatic carbocycles. The lowest BCUT2D eigenvalue weighted by molar-refractivity contribution is -0.167. The van der Waals surface area contributed by atoms with Crippen molar-refractivity contribution >= 4 is 17.9 Å². The van der Waals surface area contributed by atoms with E-state index in [1.54, 1.807) is 0 Å². The van der Waals surface area contributed by atoms with Gasteiger partial charge in [-0.05, 0) is 103 Å². The zero-order valence-corrected chi connectivity index (χ0v) is 47.2. The Morgan fingerprint density at radius 1 is 0.292 bits per heavy atom. The second-order valence-electron chi connectivity index (χ2n) is 19.9. The molecule has 6 nitrogen and oxygen atoms in total. The Balaban J connectivity index is 4.23. The molecule has 0 radical (unpaired) electrons. The predicted octanol–water partition coefficient (Wildman–Crippen LogP) is 20.5. The minimum Gasteiger partial charge on any atom is -0.462 e. The summed E-state index contributed by atoms with van der Waals surface area (Å²) in [5.74, 6) is -0.892. The van der Waals surface area contributed by atoms with Gasteiger partial charge in [-0.25, -0.2) is 0 Å². The highest BCUT2D eigenvalue weighted by molar-refractivity contribution is 5.71. The van der Waals surface area contributed by atoms with Gasteiger partial charge in [0.15, 0.2) is 6.10 Å². The molecule has 0 fully saturated rings. The third-order valence-corrected chi connectivity index (χ3v) is 12.8. The van der Waals surface area contributed by atoms with Crippen LogP contribution in [0.1, 0.15) is 284 Å². The van der Waals surface area contributed by atoms with Crippen molar-refractivity contribution in [1.82, 2.24) is 0 Å². The highest BCUT2D eigenvalue weighted by atomic mass is 16.6. The summed E-state index contributed by atoms with van der Waals surface area (Å²) in [5.41, 5.74) is 0. The number of unbranched alkanes of at least 4 members (excludes halogenated alkanes) is 27. The molecule has 0 aliphatic rings. The Kier molecular flexibility index (Phi) is 56.8. The van der Waals surface area contributed by atoms with Crippen LogP contribution < -0.4 is 0 Å². The molecule has 6 heteroatoms. The molecule has 0 saturated heterocycles. The third kappa shape index (κ3) is 57.2. The van der Waals surface area contributed by atoms with E-state index in [9.17, 15) is 14.4 Å². The van der Waals surface area contributed by atoms with Crippen molar-refractivity contribution in [3.05, 3.63) is 97.2 Å². The quantitative estimate of drug-likeness (QED) is 0.0261. The first-order valence-corrected chi connectivity index (χ1v) is 30.2. The lowest BCUT2D eigenvalue weighted by atomic mass is 10.1. The number of esters is 3. The Bertz CT molecular complexity index is 1430. The van der Waals surface area contributed by atoms with E-state index in [1.807, 2.05) is 0 Å². The largest absolute Gasteiger partial charge is 0.462 e. The summed E-state index contributed by atoms with van der Waals surface area (Å²) >= 11 is 0. The number of rotatable bonds is 54. The van der Waals surface area contributed by atoms with Crippen molar-refractivity contribution in [2.75, 3.05) is 13.2 Å². The molecule has 0 rings (SSSR count). The van der Waals surface area contributed by atoms with Crippen LogP contribution in [0.4, 0.5) is 0 Å². The molecular formula is C66H112O6. The highest BCUT2D eigenvalue weighted by Gasteiger charge is 2.19. The van der Waals surface area contributed by atoms with Crippen LogP contribution >= 0.6 is 0 Å². The highest BCUT2D eigenvalue weighted by Crippen LogP contribution is 2.15. The molecule has 1 unspecified atom stereocenters. The molecule has 72 heavy (non-hydrogen) atoms. The zero-order chi connectivity index (χ0) is 52.2. The maximum absolute atomic E-state index is 12.8. The van der Waals surface area contributed by atoms with Crippen molar-refractivity contribution in [2.24, 2.45) is 0 Å². The Labute approximate surface area is 445 Å². The molecule has 0 N–H and O–H groups in total. The van der Waals surface area contributed by atoms with Gasteiger partial charge >= 0.3 is 17.9 Å². The fourth-order valence-electron chi connectivity index (χ4n) is 8.30. The van der Waals surface area contributed by atoms with E-state index in [2.05, 4.69) is 118 Å². The molecule has 0 saturated carbocycles. The smallest absolute Gasteiger partial charge is 0.306 e. The standard InChI is InChI=1S/C66H112O6/c1-4-7-10-13-16-19-21-23-25-27-29-30-31-32-33-34-35-36-38-39-41-43-45-47-50-53-56-59-65(68)71-62-63(61-70-64(67)58-55-52-49-18-15-12-9-6-3)72-66(69)60-57-54-51-48-46-44-42-40-37-28-26-24-22-20-17-14-11-8-5-2/h7,10,16-17,19-20,23-26,29-30,32-33,35-36,63H,4-6,8-9,11-15,18,21-22,27-28,31,34,37-62H2,1-3H3/b10-7-,19-16-,20-17-,25-23-,26-24-,30-29-,33-32-,36-35-. The van der Waals surface area contributed by atoms with Gasteiger partial charge in [0.05, 0.1) is 0 Å². The maximum atomic E-state index is 12.8. The van der Waals surface area contributed by atoms with Crippen LogP contribution in [-0.2, 0) is 28.6 Å². The predicted molar refractivity (Wildman–Crippen MR) is 311 cm³/mol. The molecular weight excluding hydrogens is 889 g/mol. The maximum Gasteiger partial charge on any atom is 0.306 e. The second kappa shape index (κ2) is 59.9. The Hall–Kier alpha value is -3.67. The molecule has 0 bridgehead atoms. The van der Waals surface area contributed by atoms with E-state index < -0.39 is 6.10 Å². The van der Waals surface area contributed by atoms with Gasteiger partial charge in [-0.3, -0.25) is 14.4 Å². The van der Waals surface area contributed by atoms with E-state index in [0.717, 1.165) is 109 Å². The molecule has 0 aliphatic heterocycles. The van der Waals surface area contributed by atoms with Crippen LogP contribution in [0.2, 0.25) is 0 Å². The van der Waals surface area contributed by atoms with Crippen LogP contribution in [-0.4, -0.2) is 37.2 Å². The summed E-state index contributed by atoms with van der Waals surface area (Å²) in [6.07, 6.45) is 79.8. The number of carbonyl (C=O) groups is 3. The van der Waals surface area contributed by atoms with Crippen LogP contribution in [0.15, 0.2) is 97.2 Å². The van der Waals surface area contributed by atoms with E-state index in [0.29, 0.717) is 19.3 Å². The van der Waals surface area contributed by atoms with Gasteiger partial charge in [-0.2, -0.15) is 0 Å². The molecule has 0 aromatic rings. The summed E-state index contributed by atoms with van der Waals surface area (Å²) in [5, 5.41) is 0. The van der Waals surface area contributed by atoms with Gasteiger partial charge in [0, 0.05) is 19.3 Å². The lowest BCUT2D eigenvalue weighted by Gasteiger charge is -2.18. The number of carbonyl (C=O) groups excluding carboxylic acids is 3. The van der Waals surface area contributed by atoms with Gasteiger partial charge in [0.2, 0.25) is 0 Å². The molecule has 0 spiro atoms. The molecule has 0 heterocycles. The third-order valence-electron chi connectivity index (χ3n) is 12.8. The number of ether oxygens (including phenoxy) is 3. The first-order valence-electron chi connectivity index (χ1n) is 30.2. The minimum atomic E-state index is -0.781. The lowest BCUT2D eigenvalue weighted by Crippen LogP contribution is -2.30. The first kappa shape index (κ1) is 68.3. The summed E-state index contributed by atoms with van der Waals surface area (Å²) in [6, 6.07) is 0. The number of hydrogen-bond acceptors (Lipinski definition) is 6. The summed E-state index contributed by atoms with van der Waals surface area (Å²) in [6.45, 7) is 6.47. The molecule has 1 atom stereocenters. The van der Waals surface area contributed by atoms with Crippen molar-refractivity contribution < 1.29 is 28.6 Å². The minimum absolute atomic E-state index is 0.0803. The fraction of sp³-hybridized carbons (Fsp3) is 0.712. The van der Waals surface area contributed by atoms with Crippen molar-refractivity contribution in [3.8, 4) is 0 Å². The molecule has 0 aromatic heterocycles. The van der Waals surface area contributed by atoms with Crippen molar-refractivity contribution in [1.29, 1.82) is 0 Å². The Morgan fingerprint density at radius 2 is 0.542 bits per heavy atom. The van der Waals surface area contributed by atoms with E-state index in [1.165, 1.54) is 135 Å². The van der Waals surface area contributed by atoms with Crippen LogP contribution in [0.25, 0.3) is 0 Å². The van der Waals surface area contributed by atoms with E-state index in [4.69, 9.17) is 14.2 Å². The second-order valence-corrected chi connectivity index (χ2v) is 19.9. The van der Waals surface area contributed by atoms with Crippen LogP contribution in [0.3, 0.4) is 0 Å². The van der Waals surface area contributed by atoms with E-state index >= 15 is 0 Å².